The van der Waals surface area contributed by atoms with Crippen molar-refractivity contribution in [1.29, 1.82) is 0 Å². The minimum absolute atomic E-state index is 0. The van der Waals surface area contributed by atoms with Gasteiger partial charge in [-0.25, -0.2) is 0 Å². The van der Waals surface area contributed by atoms with Gasteiger partial charge in [-0.2, -0.15) is 0 Å². The first-order valence-corrected chi connectivity index (χ1v) is 4.48. The second-order valence-corrected chi connectivity index (χ2v) is 3.25. The summed E-state index contributed by atoms with van der Waals surface area (Å²) >= 11 is 8.45. The van der Waals surface area contributed by atoms with Gasteiger partial charge in [0, 0.05) is 0 Å². The molecule has 11 heavy (non-hydrogen) atoms. The molecule has 0 unspecified atom stereocenters. The first kappa shape index (κ1) is 14.7. The number of thiocarbonyl (C=S) groups is 1. The van der Waals surface area contributed by atoms with Crippen LogP contribution in [0.2, 0.25) is 0 Å². The van der Waals surface area contributed by atoms with E-state index in [0.717, 1.165) is 13.0 Å². The van der Waals surface area contributed by atoms with E-state index in [-0.39, 0.29) is 29.6 Å². The molecule has 0 aliphatic carbocycles. The Morgan fingerprint density at radius 3 is 2.45 bits per heavy atom. The van der Waals surface area contributed by atoms with Crippen LogP contribution in [0.3, 0.4) is 0 Å². The van der Waals surface area contributed by atoms with Crippen LogP contribution in [0.25, 0.3) is 0 Å². The van der Waals surface area contributed by atoms with Crippen molar-refractivity contribution in [3.05, 3.63) is 0 Å². The molecular formula is C7H15NaOS2. The quantitative estimate of drug-likeness (QED) is 0.316. The number of hydrogen-bond donors (Lipinski definition) is 1. The van der Waals surface area contributed by atoms with Crippen molar-refractivity contribution in [2.45, 2.75) is 32.6 Å². The zero-order chi connectivity index (χ0) is 7.82. The normalized spacial score (nSPS) is 8.55. The van der Waals surface area contributed by atoms with Crippen molar-refractivity contribution in [3.63, 3.8) is 0 Å². The van der Waals surface area contributed by atoms with Crippen molar-refractivity contribution in [3.8, 4) is 0 Å². The SMILES string of the molecule is CCCCCCOC(=S)S.[NaH]. The molecule has 0 saturated carbocycles. The first-order chi connectivity index (χ1) is 4.77. The van der Waals surface area contributed by atoms with Gasteiger partial charge in [0.25, 0.3) is 0 Å². The second kappa shape index (κ2) is 11.2. The molecular weight excluding hydrogens is 187 g/mol. The Kier molecular flexibility index (Phi) is 15.1. The van der Waals surface area contributed by atoms with E-state index in [2.05, 4.69) is 31.8 Å². The van der Waals surface area contributed by atoms with E-state index >= 15 is 0 Å². The van der Waals surface area contributed by atoms with Crippen molar-refractivity contribution in [1.82, 2.24) is 0 Å². The molecule has 0 amide bonds. The number of thiol groups is 1. The van der Waals surface area contributed by atoms with Gasteiger partial charge in [-0.05, 0) is 18.6 Å². The van der Waals surface area contributed by atoms with Crippen LogP contribution in [-0.4, -0.2) is 40.5 Å². The van der Waals surface area contributed by atoms with Gasteiger partial charge in [-0.1, -0.05) is 38.8 Å². The summed E-state index contributed by atoms with van der Waals surface area (Å²) in [6.45, 7) is 2.91. The maximum atomic E-state index is 4.98. The van der Waals surface area contributed by atoms with Crippen LogP contribution in [0.1, 0.15) is 32.6 Å². The molecule has 62 valence electrons. The monoisotopic (exact) mass is 202 g/mol. The molecule has 1 nitrogen and oxygen atoms in total. The van der Waals surface area contributed by atoms with E-state index in [4.69, 9.17) is 4.74 Å². The van der Waals surface area contributed by atoms with Crippen LogP contribution in [0.4, 0.5) is 0 Å². The molecule has 0 spiro atoms. The van der Waals surface area contributed by atoms with Crippen LogP contribution in [0, 0.1) is 0 Å². The molecule has 0 aromatic heterocycles. The van der Waals surface area contributed by atoms with Gasteiger partial charge in [0.1, 0.15) is 0 Å². The zero-order valence-corrected chi connectivity index (χ0v) is 8.01. The molecule has 0 fully saturated rings. The Morgan fingerprint density at radius 1 is 1.36 bits per heavy atom. The molecule has 0 aromatic carbocycles. The summed E-state index contributed by atoms with van der Waals surface area (Å²) < 4.78 is 5.34. The van der Waals surface area contributed by atoms with Gasteiger partial charge < -0.3 is 4.74 Å². The standard InChI is InChI=1S/C7H14OS2.Na.H/c1-2-3-4-5-6-8-7(9)10;;/h2-6H2,1H3,(H,9,10);;. The van der Waals surface area contributed by atoms with E-state index in [1.807, 2.05) is 0 Å². The van der Waals surface area contributed by atoms with Crippen LogP contribution in [0.5, 0.6) is 0 Å². The van der Waals surface area contributed by atoms with Gasteiger partial charge >= 0.3 is 29.6 Å². The van der Waals surface area contributed by atoms with Crippen LogP contribution >= 0.6 is 24.8 Å². The number of unbranched alkanes of at least 4 members (excludes halogenated alkanes) is 3. The Hall–Kier alpha value is 1.24. The average Bonchev–Trinajstić information content (AvgIpc) is 1.87. The first-order valence-electron chi connectivity index (χ1n) is 3.63. The number of ether oxygens (including phenoxy) is 1. The van der Waals surface area contributed by atoms with Crippen LogP contribution in [0.15, 0.2) is 0 Å². The van der Waals surface area contributed by atoms with E-state index in [0.29, 0.717) is 4.38 Å². The summed E-state index contributed by atoms with van der Waals surface area (Å²) in [6.07, 6.45) is 4.86. The molecule has 0 radical (unpaired) electrons. The fraction of sp³-hybridized carbons (Fsp3) is 0.857. The molecule has 0 saturated heterocycles. The van der Waals surface area contributed by atoms with Gasteiger partial charge in [0.15, 0.2) is 0 Å². The van der Waals surface area contributed by atoms with Crippen molar-refractivity contribution < 1.29 is 4.74 Å². The van der Waals surface area contributed by atoms with E-state index in [1.165, 1.54) is 19.3 Å². The van der Waals surface area contributed by atoms with Gasteiger partial charge in [-0.3, -0.25) is 0 Å². The van der Waals surface area contributed by atoms with E-state index in [1.54, 1.807) is 0 Å². The molecule has 4 heteroatoms. The van der Waals surface area contributed by atoms with E-state index in [9.17, 15) is 0 Å². The van der Waals surface area contributed by atoms with Gasteiger partial charge in [-0.15, -0.1) is 0 Å². The van der Waals surface area contributed by atoms with Gasteiger partial charge in [0.2, 0.25) is 4.38 Å². The van der Waals surface area contributed by atoms with Crippen molar-refractivity contribution in [2.75, 3.05) is 6.61 Å². The number of hydrogen-bond acceptors (Lipinski definition) is 2. The fourth-order valence-electron chi connectivity index (χ4n) is 0.688. The molecule has 0 N–H and O–H groups in total. The Bertz CT molecular complexity index is 98.4. The van der Waals surface area contributed by atoms with Crippen molar-refractivity contribution >= 4 is 58.8 Å². The summed E-state index contributed by atoms with van der Waals surface area (Å²) in [5, 5.41) is 0. The summed E-state index contributed by atoms with van der Waals surface area (Å²) in [4.78, 5) is 0. The maximum absolute atomic E-state index is 4.98. The van der Waals surface area contributed by atoms with Crippen LogP contribution < -0.4 is 0 Å². The van der Waals surface area contributed by atoms with Crippen molar-refractivity contribution in [2.24, 2.45) is 0 Å². The predicted molar refractivity (Wildman–Crippen MR) is 58.8 cm³/mol. The Labute approximate surface area is 102 Å². The van der Waals surface area contributed by atoms with Gasteiger partial charge in [0.05, 0.1) is 6.61 Å². The summed E-state index contributed by atoms with van der Waals surface area (Å²) in [6, 6.07) is 0. The Balaban J connectivity index is 0. The Morgan fingerprint density at radius 2 is 2.00 bits per heavy atom. The van der Waals surface area contributed by atoms with E-state index < -0.39 is 0 Å². The molecule has 0 aliphatic heterocycles. The zero-order valence-electron chi connectivity index (χ0n) is 6.30. The molecule has 0 atom stereocenters. The minimum atomic E-state index is 0. The molecule has 0 aromatic rings. The third kappa shape index (κ3) is 14.1. The molecule has 0 bridgehead atoms. The molecule has 0 heterocycles. The number of rotatable bonds is 5. The third-order valence-corrected chi connectivity index (χ3v) is 1.47. The van der Waals surface area contributed by atoms with Crippen LogP contribution in [-0.2, 0) is 4.74 Å². The topological polar surface area (TPSA) is 9.23 Å². The third-order valence-electron chi connectivity index (χ3n) is 1.22. The predicted octanol–water partition coefficient (Wildman–Crippen LogP) is 2.15. The molecule has 0 rings (SSSR count). The summed E-state index contributed by atoms with van der Waals surface area (Å²) in [7, 11) is 0. The summed E-state index contributed by atoms with van der Waals surface area (Å²) in [5.41, 5.74) is 0. The second-order valence-electron chi connectivity index (χ2n) is 2.18. The average molecular weight is 202 g/mol. The molecule has 0 aliphatic rings. The fourth-order valence-corrected chi connectivity index (χ4v) is 0.863. The summed E-state index contributed by atoms with van der Waals surface area (Å²) in [5.74, 6) is 0.